The predicted molar refractivity (Wildman–Crippen MR) is 159 cm³/mol. The molecule has 1 spiro atoms. The van der Waals surface area contributed by atoms with Crippen molar-refractivity contribution in [2.24, 2.45) is 11.8 Å². The summed E-state index contributed by atoms with van der Waals surface area (Å²) >= 11 is 1.57. The SMILES string of the molecule is C=CCOC(=O)[C@@H]1[C@@H]2CCC3(S2)C(C(=O)N(CC=C)c2ccc(OC)cc2)N([C@@H](CO)Cc2ccccc2)C(=O)[C@H]13. The number of ether oxygens (including phenoxy) is 2. The number of carbonyl (C=O) groups is 3. The number of amides is 2. The van der Waals surface area contributed by atoms with E-state index in [4.69, 9.17) is 9.47 Å². The highest BCUT2D eigenvalue weighted by Crippen LogP contribution is 2.67. The Balaban J connectivity index is 1.58. The van der Waals surface area contributed by atoms with E-state index in [0.717, 1.165) is 5.56 Å². The summed E-state index contributed by atoms with van der Waals surface area (Å²) < 4.78 is 9.95. The van der Waals surface area contributed by atoms with Crippen molar-refractivity contribution in [2.45, 2.75) is 41.3 Å². The molecule has 3 heterocycles. The molecule has 41 heavy (non-hydrogen) atoms. The van der Waals surface area contributed by atoms with Crippen molar-refractivity contribution < 1.29 is 29.0 Å². The lowest BCUT2D eigenvalue weighted by Crippen LogP contribution is -2.58. The van der Waals surface area contributed by atoms with E-state index in [9.17, 15) is 19.5 Å². The second-order valence-electron chi connectivity index (χ2n) is 10.7. The van der Waals surface area contributed by atoms with Gasteiger partial charge in [0.2, 0.25) is 5.91 Å². The lowest BCUT2D eigenvalue weighted by Gasteiger charge is -2.39. The highest BCUT2D eigenvalue weighted by Gasteiger charge is 2.74. The summed E-state index contributed by atoms with van der Waals surface area (Å²) in [4.78, 5) is 45.7. The molecule has 3 fully saturated rings. The van der Waals surface area contributed by atoms with E-state index in [1.807, 2.05) is 30.3 Å². The number of likely N-dealkylation sites (tertiary alicyclic amines) is 1. The third-order valence-corrected chi connectivity index (χ3v) is 10.4. The minimum Gasteiger partial charge on any atom is -0.497 e. The van der Waals surface area contributed by atoms with E-state index in [-0.39, 0.29) is 36.8 Å². The van der Waals surface area contributed by atoms with Crippen molar-refractivity contribution in [1.82, 2.24) is 4.90 Å². The van der Waals surface area contributed by atoms with Crippen LogP contribution in [0.4, 0.5) is 5.69 Å². The lowest BCUT2D eigenvalue weighted by molar-refractivity contribution is -0.153. The largest absolute Gasteiger partial charge is 0.497 e. The first kappa shape index (κ1) is 29.0. The minimum absolute atomic E-state index is 0.0601. The molecule has 0 aliphatic carbocycles. The first-order valence-corrected chi connectivity index (χ1v) is 14.8. The molecular weight excluding hydrogens is 540 g/mol. The fourth-order valence-electron chi connectivity index (χ4n) is 6.77. The zero-order chi connectivity index (χ0) is 29.1. The number of benzene rings is 2. The molecule has 3 saturated heterocycles. The number of esters is 1. The van der Waals surface area contributed by atoms with Crippen molar-refractivity contribution in [3.8, 4) is 5.75 Å². The van der Waals surface area contributed by atoms with Crippen molar-refractivity contribution in [3.63, 3.8) is 0 Å². The first-order valence-electron chi connectivity index (χ1n) is 13.9. The average molecular weight is 577 g/mol. The third-order valence-electron chi connectivity index (χ3n) is 8.47. The number of carbonyl (C=O) groups excluding carboxylic acids is 3. The molecule has 216 valence electrons. The second kappa shape index (κ2) is 12.1. The zero-order valence-electron chi connectivity index (χ0n) is 23.2. The van der Waals surface area contributed by atoms with Crippen molar-refractivity contribution in [2.75, 3.05) is 31.8 Å². The smallest absolute Gasteiger partial charge is 0.311 e. The van der Waals surface area contributed by atoms with E-state index in [2.05, 4.69) is 13.2 Å². The number of rotatable bonds is 12. The molecular formula is C32H36N2O6S. The number of fused-ring (bicyclic) bond motifs is 1. The molecule has 0 aromatic heterocycles. The standard InChI is InChI=1S/C32H36N2O6S/c1-4-17-33(22-11-13-24(39-3)14-12-22)30(37)28-32-16-15-25(41-32)26(31(38)40-18-5-2)27(32)29(36)34(28)23(20-35)19-21-9-7-6-8-10-21/h4-14,23,25-28,35H,1-2,15-20H2,3H3/t23-,25+,26-,27+,28?,32?/m1/s1. The van der Waals surface area contributed by atoms with Gasteiger partial charge < -0.3 is 24.4 Å². The Morgan fingerprint density at radius 3 is 2.54 bits per heavy atom. The van der Waals surface area contributed by atoms with Crippen LogP contribution in [0.3, 0.4) is 0 Å². The van der Waals surface area contributed by atoms with Gasteiger partial charge in [0.15, 0.2) is 0 Å². The molecule has 8 nitrogen and oxygen atoms in total. The molecule has 2 aromatic carbocycles. The number of thioether (sulfide) groups is 1. The van der Waals surface area contributed by atoms with E-state index in [1.165, 1.54) is 6.08 Å². The number of anilines is 1. The first-order chi connectivity index (χ1) is 19.9. The normalized spacial score (nSPS) is 26.8. The molecule has 5 rings (SSSR count). The van der Waals surface area contributed by atoms with Gasteiger partial charge in [0.1, 0.15) is 18.4 Å². The number of hydrogen-bond acceptors (Lipinski definition) is 7. The predicted octanol–water partition coefficient (Wildman–Crippen LogP) is 3.64. The van der Waals surface area contributed by atoms with Gasteiger partial charge in [-0.1, -0.05) is 49.1 Å². The van der Waals surface area contributed by atoms with Crippen molar-refractivity contribution in [1.29, 1.82) is 0 Å². The maximum Gasteiger partial charge on any atom is 0.311 e. The topological polar surface area (TPSA) is 96.4 Å². The summed E-state index contributed by atoms with van der Waals surface area (Å²) in [5.74, 6) is -1.69. The summed E-state index contributed by atoms with van der Waals surface area (Å²) in [5.41, 5.74) is 1.59. The van der Waals surface area contributed by atoms with Gasteiger partial charge in [-0.05, 0) is 49.1 Å². The van der Waals surface area contributed by atoms with Crippen LogP contribution in [0.15, 0.2) is 79.9 Å². The van der Waals surface area contributed by atoms with E-state index in [0.29, 0.717) is 30.7 Å². The number of aliphatic hydroxyl groups is 1. The third kappa shape index (κ3) is 5.06. The molecule has 0 radical (unpaired) electrons. The fraction of sp³-hybridized carbons (Fsp3) is 0.406. The second-order valence-corrected chi connectivity index (χ2v) is 12.3. The number of nitrogens with zero attached hydrogens (tertiary/aromatic N) is 2. The van der Waals surface area contributed by atoms with Gasteiger partial charge in [-0.2, -0.15) is 0 Å². The van der Waals surface area contributed by atoms with Crippen LogP contribution in [0.5, 0.6) is 5.75 Å². The van der Waals surface area contributed by atoms with Crippen LogP contribution in [0.2, 0.25) is 0 Å². The quantitative estimate of drug-likeness (QED) is 0.305. The molecule has 0 saturated carbocycles. The summed E-state index contributed by atoms with van der Waals surface area (Å²) in [7, 11) is 1.58. The molecule has 9 heteroatoms. The van der Waals surface area contributed by atoms with Gasteiger partial charge in [0, 0.05) is 17.5 Å². The molecule has 2 amide bonds. The Bertz CT molecular complexity index is 1300. The Morgan fingerprint density at radius 2 is 1.90 bits per heavy atom. The van der Waals surface area contributed by atoms with E-state index >= 15 is 0 Å². The fourth-order valence-corrected chi connectivity index (χ4v) is 8.95. The van der Waals surface area contributed by atoms with E-state index < -0.39 is 34.6 Å². The van der Waals surface area contributed by atoms with Crippen LogP contribution < -0.4 is 9.64 Å². The summed E-state index contributed by atoms with van der Waals surface area (Å²) in [5, 5.41) is 10.5. The number of hydrogen-bond donors (Lipinski definition) is 1. The summed E-state index contributed by atoms with van der Waals surface area (Å²) in [6.07, 6.45) is 4.85. The average Bonchev–Trinajstić information content (AvgIpc) is 3.65. The number of methoxy groups -OCH3 is 1. The lowest BCUT2D eigenvalue weighted by atomic mass is 9.71. The van der Waals surface area contributed by atoms with Crippen LogP contribution in [0, 0.1) is 11.8 Å². The van der Waals surface area contributed by atoms with Gasteiger partial charge in [0.05, 0.1) is 36.3 Å². The zero-order valence-corrected chi connectivity index (χ0v) is 24.0. The molecule has 3 aliphatic heterocycles. The van der Waals surface area contributed by atoms with E-state index in [1.54, 1.807) is 59.0 Å². The summed E-state index contributed by atoms with van der Waals surface area (Å²) in [6, 6.07) is 15.2. The van der Waals surface area contributed by atoms with Crippen LogP contribution in [-0.4, -0.2) is 76.7 Å². The van der Waals surface area contributed by atoms with Crippen LogP contribution in [0.25, 0.3) is 0 Å². The monoisotopic (exact) mass is 576 g/mol. The Labute approximate surface area is 245 Å². The molecule has 3 aliphatic rings. The maximum absolute atomic E-state index is 14.7. The van der Waals surface area contributed by atoms with Crippen molar-refractivity contribution in [3.05, 3.63) is 85.5 Å². The maximum atomic E-state index is 14.7. The molecule has 2 aromatic rings. The molecule has 2 unspecified atom stereocenters. The Morgan fingerprint density at radius 1 is 1.17 bits per heavy atom. The van der Waals surface area contributed by atoms with Gasteiger partial charge in [-0.25, -0.2) is 0 Å². The van der Waals surface area contributed by atoms with Crippen molar-refractivity contribution >= 4 is 35.2 Å². The highest BCUT2D eigenvalue weighted by molar-refractivity contribution is 8.02. The molecule has 2 bridgehead atoms. The Kier molecular flexibility index (Phi) is 8.56. The minimum atomic E-state index is -0.880. The number of aliphatic hydroxyl groups excluding tert-OH is 1. The molecule has 1 N–H and O–H groups in total. The van der Waals surface area contributed by atoms with Gasteiger partial charge in [-0.15, -0.1) is 18.3 Å². The van der Waals surface area contributed by atoms with Gasteiger partial charge in [-0.3, -0.25) is 14.4 Å². The molecule has 6 atom stereocenters. The van der Waals surface area contributed by atoms with Gasteiger partial charge >= 0.3 is 5.97 Å². The Hall–Kier alpha value is -3.56. The van der Waals surface area contributed by atoms with Crippen LogP contribution in [0.1, 0.15) is 18.4 Å². The van der Waals surface area contributed by atoms with Gasteiger partial charge in [0.25, 0.3) is 5.91 Å². The van der Waals surface area contributed by atoms with Crippen LogP contribution >= 0.6 is 11.8 Å². The summed E-state index contributed by atoms with van der Waals surface area (Å²) in [6.45, 7) is 7.47. The van der Waals surface area contributed by atoms with Crippen LogP contribution in [-0.2, 0) is 25.5 Å². The highest BCUT2D eigenvalue weighted by atomic mass is 32.2.